The summed E-state index contributed by atoms with van der Waals surface area (Å²) >= 11 is 0. The predicted molar refractivity (Wildman–Crippen MR) is 166 cm³/mol. The molecule has 2 aromatic rings. The molecule has 0 radical (unpaired) electrons. The van der Waals surface area contributed by atoms with E-state index in [4.69, 9.17) is 24.7 Å². The van der Waals surface area contributed by atoms with E-state index in [1.807, 2.05) is 12.1 Å². The van der Waals surface area contributed by atoms with Gasteiger partial charge in [0, 0.05) is 11.8 Å². The number of methoxy groups -OCH3 is 1. The average Bonchev–Trinajstić information content (AvgIpc) is 3.66. The Hall–Kier alpha value is -3.78. The summed E-state index contributed by atoms with van der Waals surface area (Å²) in [7, 11) is 1.39. The highest BCUT2D eigenvalue weighted by Crippen LogP contribution is 2.55. The Labute approximate surface area is 263 Å². The van der Waals surface area contributed by atoms with Crippen LogP contribution in [0.2, 0.25) is 0 Å². The molecule has 0 spiro atoms. The summed E-state index contributed by atoms with van der Waals surface area (Å²) in [6.07, 6.45) is 4.11. The van der Waals surface area contributed by atoms with Gasteiger partial charge in [0.25, 0.3) is 0 Å². The quantitative estimate of drug-likeness (QED) is 0.0757. The molecular formula is C32H45N5O8. The third kappa shape index (κ3) is 7.55. The lowest BCUT2D eigenvalue weighted by molar-refractivity contribution is -0.141. The zero-order valence-electron chi connectivity index (χ0n) is 25.7. The van der Waals surface area contributed by atoms with E-state index in [-0.39, 0.29) is 49.0 Å². The monoisotopic (exact) mass is 627 g/mol. The molecule has 0 aromatic heterocycles. The van der Waals surface area contributed by atoms with Gasteiger partial charge in [-0.3, -0.25) is 9.59 Å². The molecule has 1 aliphatic carbocycles. The van der Waals surface area contributed by atoms with Crippen LogP contribution in [0.25, 0.3) is 0 Å². The van der Waals surface area contributed by atoms with Crippen LogP contribution >= 0.6 is 0 Å². The number of esters is 1. The van der Waals surface area contributed by atoms with Crippen LogP contribution in [0.15, 0.2) is 24.3 Å². The number of phenolic OH excluding ortho intramolecular Hbond substituents is 2. The third-order valence-electron chi connectivity index (χ3n) is 8.67. The Morgan fingerprint density at radius 3 is 2.29 bits per heavy atom. The van der Waals surface area contributed by atoms with Gasteiger partial charge in [-0.05, 0) is 106 Å². The highest BCUT2D eigenvalue weighted by Gasteiger charge is 2.53. The normalized spacial score (nSPS) is 21.2. The van der Waals surface area contributed by atoms with Crippen molar-refractivity contribution >= 4 is 11.9 Å². The highest BCUT2D eigenvalue weighted by atomic mass is 16.7. The number of phenols is 2. The fourth-order valence-electron chi connectivity index (χ4n) is 6.44. The lowest BCUT2D eigenvalue weighted by atomic mass is 9.65. The van der Waals surface area contributed by atoms with Crippen molar-refractivity contribution in [2.24, 2.45) is 17.6 Å². The Balaban J connectivity index is 1.22. The van der Waals surface area contributed by atoms with E-state index in [1.54, 1.807) is 6.07 Å². The highest BCUT2D eigenvalue weighted by molar-refractivity contribution is 5.81. The number of ether oxygens (including phenoxy) is 4. The molecule has 3 aliphatic rings. The summed E-state index contributed by atoms with van der Waals surface area (Å²) in [5.41, 5.74) is 7.58. The maximum Gasteiger partial charge on any atom is 0.310 e. The largest absolute Gasteiger partial charge is 0.504 e. The van der Waals surface area contributed by atoms with Crippen molar-refractivity contribution in [3.63, 3.8) is 0 Å². The molecule has 8 N–H and O–H groups in total. The zero-order valence-corrected chi connectivity index (χ0v) is 25.7. The molecule has 4 atom stereocenters. The van der Waals surface area contributed by atoms with Gasteiger partial charge in [-0.1, -0.05) is 0 Å². The number of fused-ring (bicyclic) bond motifs is 3. The number of amides is 1. The minimum atomic E-state index is -0.655. The van der Waals surface area contributed by atoms with Crippen molar-refractivity contribution in [3.8, 4) is 28.7 Å². The molecule has 246 valence electrons. The second kappa shape index (κ2) is 15.5. The van der Waals surface area contributed by atoms with Gasteiger partial charge in [-0.2, -0.15) is 0 Å². The van der Waals surface area contributed by atoms with Gasteiger partial charge in [0.2, 0.25) is 18.4 Å². The minimum Gasteiger partial charge on any atom is -0.504 e. The summed E-state index contributed by atoms with van der Waals surface area (Å²) in [6, 6.07) is 6.19. The van der Waals surface area contributed by atoms with E-state index in [0.29, 0.717) is 30.2 Å². The van der Waals surface area contributed by atoms with Crippen LogP contribution in [0, 0.1) is 11.8 Å². The number of carbonyl (C=O) groups excluding carboxylic acids is 2. The van der Waals surface area contributed by atoms with Crippen molar-refractivity contribution in [2.75, 3.05) is 66.3 Å². The number of aromatic hydroxyl groups is 2. The van der Waals surface area contributed by atoms with Crippen LogP contribution in [0.1, 0.15) is 54.3 Å². The van der Waals surface area contributed by atoms with Crippen molar-refractivity contribution in [1.82, 2.24) is 21.3 Å². The Morgan fingerprint density at radius 2 is 1.58 bits per heavy atom. The van der Waals surface area contributed by atoms with Crippen molar-refractivity contribution < 1.29 is 38.7 Å². The van der Waals surface area contributed by atoms with Gasteiger partial charge in [-0.25, -0.2) is 0 Å². The van der Waals surface area contributed by atoms with Crippen LogP contribution in [0.5, 0.6) is 28.7 Å². The molecule has 1 amide bonds. The van der Waals surface area contributed by atoms with Gasteiger partial charge in [-0.15, -0.1) is 0 Å². The molecule has 2 aliphatic heterocycles. The van der Waals surface area contributed by atoms with Gasteiger partial charge in [0.1, 0.15) is 0 Å². The first-order chi connectivity index (χ1) is 21.9. The van der Waals surface area contributed by atoms with Crippen molar-refractivity contribution in [1.29, 1.82) is 0 Å². The second-order valence-corrected chi connectivity index (χ2v) is 11.6. The summed E-state index contributed by atoms with van der Waals surface area (Å²) in [4.78, 5) is 26.4. The van der Waals surface area contributed by atoms with Crippen LogP contribution < -0.4 is 41.2 Å². The molecule has 0 saturated carbocycles. The van der Waals surface area contributed by atoms with E-state index in [0.717, 1.165) is 63.0 Å². The van der Waals surface area contributed by atoms with Gasteiger partial charge in [0.15, 0.2) is 23.0 Å². The Morgan fingerprint density at radius 1 is 0.911 bits per heavy atom. The number of hydrogen-bond acceptors (Lipinski definition) is 12. The van der Waals surface area contributed by atoms with Crippen molar-refractivity contribution in [2.45, 2.75) is 37.6 Å². The maximum atomic E-state index is 13.2. The number of rotatable bonds is 17. The number of nitrogens with two attached hydrogens (primary N) is 1. The second-order valence-electron chi connectivity index (χ2n) is 11.6. The summed E-state index contributed by atoms with van der Waals surface area (Å²) in [6.45, 7) is 5.51. The first-order valence-corrected chi connectivity index (χ1v) is 15.7. The van der Waals surface area contributed by atoms with Gasteiger partial charge in [0.05, 0.1) is 32.2 Å². The molecule has 13 heteroatoms. The first-order valence-electron chi connectivity index (χ1n) is 15.7. The molecule has 0 bridgehead atoms. The average molecular weight is 628 g/mol. The van der Waals surface area contributed by atoms with Crippen molar-refractivity contribution in [3.05, 3.63) is 41.0 Å². The molecule has 2 heterocycles. The fourth-order valence-corrected chi connectivity index (χ4v) is 6.44. The summed E-state index contributed by atoms with van der Waals surface area (Å²) in [5, 5.41) is 33.9. The molecule has 13 nitrogen and oxygen atoms in total. The first kappa shape index (κ1) is 32.6. The standard InChI is InChI=1S/C32H45N5O8/c1-42-26-13-19(12-23(38)31(26)40)28-20-14-24-25(45-18-44-24)15-21(20)30(22-17-43-32(41)29(22)28)37-27(39)16-36-11-5-10-35-8-3-2-7-34-9-4-6-33/h12-15,22,28-30,34-36,38,40H,2-11,16-18,33H2,1H3,(H,37,39). The van der Waals surface area contributed by atoms with Crippen LogP contribution in [0.4, 0.5) is 0 Å². The number of hydrogen-bond donors (Lipinski definition) is 7. The molecule has 1 saturated heterocycles. The predicted octanol–water partition coefficient (Wildman–Crippen LogP) is 1.22. The van der Waals surface area contributed by atoms with E-state index in [1.165, 1.54) is 13.2 Å². The van der Waals surface area contributed by atoms with Crippen LogP contribution in [-0.2, 0) is 14.3 Å². The van der Waals surface area contributed by atoms with Crippen LogP contribution in [0.3, 0.4) is 0 Å². The number of cyclic esters (lactones) is 1. The molecule has 4 unspecified atom stereocenters. The summed E-state index contributed by atoms with van der Waals surface area (Å²) in [5.74, 6) is -1.76. The van der Waals surface area contributed by atoms with Crippen LogP contribution in [-0.4, -0.2) is 88.4 Å². The Kier molecular flexibility index (Phi) is 11.2. The van der Waals surface area contributed by atoms with E-state index >= 15 is 0 Å². The van der Waals surface area contributed by atoms with E-state index < -0.39 is 23.8 Å². The third-order valence-corrected chi connectivity index (χ3v) is 8.67. The zero-order chi connectivity index (χ0) is 31.8. The molecule has 1 fully saturated rings. The number of carbonyl (C=O) groups is 2. The SMILES string of the molecule is COc1cc(C2c3cc4c(cc3C(NC(=O)CNCCCNCCCCNCCCN)C3COC(=O)C23)OCO4)cc(O)c1O. The topological polar surface area (TPSA) is 186 Å². The minimum absolute atomic E-state index is 0.0634. The lowest BCUT2D eigenvalue weighted by Gasteiger charge is -2.39. The number of nitrogens with one attached hydrogen (secondary N) is 4. The fraction of sp³-hybridized carbons (Fsp3) is 0.562. The lowest BCUT2D eigenvalue weighted by Crippen LogP contribution is -2.45. The number of benzene rings is 2. The van der Waals surface area contributed by atoms with E-state index in [2.05, 4.69) is 21.3 Å². The number of unbranched alkanes of at least 4 members (excludes halogenated alkanes) is 1. The maximum absolute atomic E-state index is 13.2. The molecule has 45 heavy (non-hydrogen) atoms. The molecular weight excluding hydrogens is 582 g/mol. The van der Waals surface area contributed by atoms with Gasteiger partial charge >= 0.3 is 5.97 Å². The molecule has 5 rings (SSSR count). The van der Waals surface area contributed by atoms with Gasteiger partial charge < -0.3 is 56.2 Å². The van der Waals surface area contributed by atoms with E-state index in [9.17, 15) is 19.8 Å². The molecule has 2 aromatic carbocycles. The smallest absolute Gasteiger partial charge is 0.310 e. The Bertz CT molecular complexity index is 1340. The summed E-state index contributed by atoms with van der Waals surface area (Å²) < 4.78 is 22.2.